The predicted molar refractivity (Wildman–Crippen MR) is 49.8 cm³/mol. The number of aldehydes is 1. The zero-order chi connectivity index (χ0) is 10.6. The van der Waals surface area contributed by atoms with Gasteiger partial charge in [-0.2, -0.15) is 0 Å². The third kappa shape index (κ3) is 3.10. The summed E-state index contributed by atoms with van der Waals surface area (Å²) in [5.41, 5.74) is 0. The predicted octanol–water partition coefficient (Wildman–Crippen LogP) is 0.932. The molecule has 1 rings (SSSR count). The molecule has 0 aromatic heterocycles. The zero-order valence-electron chi connectivity index (χ0n) is 8.56. The second-order valence-electron chi connectivity index (χ2n) is 3.66. The first-order valence-corrected chi connectivity index (χ1v) is 4.87. The Kier molecular flexibility index (Phi) is 4.07. The number of hydrogen-bond donors (Lipinski definition) is 0. The van der Waals surface area contributed by atoms with E-state index in [1.807, 2.05) is 6.92 Å². The third-order valence-electron chi connectivity index (χ3n) is 2.40. The second kappa shape index (κ2) is 5.10. The molecular weight excluding hydrogens is 184 g/mol. The highest BCUT2D eigenvalue weighted by atomic mass is 16.6. The number of carbonyl (C=O) groups is 2. The van der Waals surface area contributed by atoms with E-state index in [1.165, 1.54) is 6.92 Å². The van der Waals surface area contributed by atoms with Gasteiger partial charge in [0.1, 0.15) is 12.4 Å². The van der Waals surface area contributed by atoms with E-state index in [-0.39, 0.29) is 24.1 Å². The smallest absolute Gasteiger partial charge is 0.302 e. The van der Waals surface area contributed by atoms with E-state index in [9.17, 15) is 9.59 Å². The molecule has 1 aliphatic heterocycles. The average molecular weight is 200 g/mol. The molecule has 1 fully saturated rings. The monoisotopic (exact) mass is 200 g/mol. The first-order valence-electron chi connectivity index (χ1n) is 4.87. The number of ether oxygens (including phenoxy) is 2. The fraction of sp³-hybridized carbons (Fsp3) is 0.800. The second-order valence-corrected chi connectivity index (χ2v) is 3.66. The Hall–Kier alpha value is -0.900. The maximum atomic E-state index is 10.7. The lowest BCUT2D eigenvalue weighted by Crippen LogP contribution is -2.36. The minimum atomic E-state index is -0.269. The minimum Gasteiger partial charge on any atom is -0.462 e. The molecule has 3 atom stereocenters. The molecule has 1 heterocycles. The molecule has 14 heavy (non-hydrogen) atoms. The van der Waals surface area contributed by atoms with Gasteiger partial charge >= 0.3 is 5.97 Å². The van der Waals surface area contributed by atoms with E-state index in [4.69, 9.17) is 9.47 Å². The highest BCUT2D eigenvalue weighted by Crippen LogP contribution is 2.21. The average Bonchev–Trinajstić information content (AvgIpc) is 2.16. The van der Waals surface area contributed by atoms with Crippen LogP contribution in [0.5, 0.6) is 0 Å². The van der Waals surface area contributed by atoms with Crippen LogP contribution in [0.25, 0.3) is 0 Å². The molecule has 0 aromatic carbocycles. The van der Waals surface area contributed by atoms with Crippen LogP contribution in [0, 0.1) is 5.92 Å². The summed E-state index contributed by atoms with van der Waals surface area (Å²) in [7, 11) is 0. The van der Waals surface area contributed by atoms with Gasteiger partial charge in [0.2, 0.25) is 0 Å². The van der Waals surface area contributed by atoms with Crippen LogP contribution in [0.3, 0.4) is 0 Å². The van der Waals surface area contributed by atoms with Crippen molar-refractivity contribution in [1.29, 1.82) is 0 Å². The summed E-state index contributed by atoms with van der Waals surface area (Å²) in [6.45, 7) is 3.77. The molecule has 0 spiro atoms. The number of esters is 1. The highest BCUT2D eigenvalue weighted by molar-refractivity contribution is 5.66. The van der Waals surface area contributed by atoms with Crippen LogP contribution < -0.4 is 0 Å². The van der Waals surface area contributed by atoms with Gasteiger partial charge in [0, 0.05) is 25.7 Å². The van der Waals surface area contributed by atoms with E-state index in [1.54, 1.807) is 0 Å². The van der Waals surface area contributed by atoms with Crippen molar-refractivity contribution in [2.75, 3.05) is 6.61 Å². The Balaban J connectivity index is 2.43. The molecule has 1 saturated heterocycles. The van der Waals surface area contributed by atoms with Crippen LogP contribution in [0.4, 0.5) is 0 Å². The molecule has 4 nitrogen and oxygen atoms in total. The van der Waals surface area contributed by atoms with Crippen LogP contribution in [0.2, 0.25) is 0 Å². The summed E-state index contributed by atoms with van der Waals surface area (Å²) in [6, 6.07) is 0. The zero-order valence-corrected chi connectivity index (χ0v) is 8.56. The number of carbonyl (C=O) groups excluding carboxylic acids is 2. The normalized spacial score (nSPS) is 29.3. The number of hydrogen-bond acceptors (Lipinski definition) is 4. The van der Waals surface area contributed by atoms with Crippen molar-refractivity contribution in [3.8, 4) is 0 Å². The van der Waals surface area contributed by atoms with Crippen molar-refractivity contribution in [3.05, 3.63) is 0 Å². The highest BCUT2D eigenvalue weighted by Gasteiger charge is 2.28. The van der Waals surface area contributed by atoms with Gasteiger partial charge in [-0.15, -0.1) is 0 Å². The van der Waals surface area contributed by atoms with Crippen molar-refractivity contribution in [1.82, 2.24) is 0 Å². The first-order chi connectivity index (χ1) is 6.63. The van der Waals surface area contributed by atoms with E-state index in [0.29, 0.717) is 13.0 Å². The molecule has 4 heteroatoms. The van der Waals surface area contributed by atoms with Gasteiger partial charge < -0.3 is 14.3 Å². The quantitative estimate of drug-likeness (QED) is 0.502. The summed E-state index contributed by atoms with van der Waals surface area (Å²) in [5.74, 6) is -0.400. The maximum Gasteiger partial charge on any atom is 0.302 e. The Morgan fingerprint density at radius 2 is 2.36 bits per heavy atom. The molecule has 1 aliphatic rings. The van der Waals surface area contributed by atoms with Gasteiger partial charge in [-0.25, -0.2) is 0 Å². The Labute approximate surface area is 83.6 Å². The minimum absolute atomic E-state index is 0.0892. The Bertz CT molecular complexity index is 214. The van der Waals surface area contributed by atoms with Crippen molar-refractivity contribution in [2.24, 2.45) is 5.92 Å². The van der Waals surface area contributed by atoms with Gasteiger partial charge in [0.15, 0.2) is 0 Å². The van der Waals surface area contributed by atoms with Crippen LogP contribution in [0.1, 0.15) is 26.7 Å². The largest absolute Gasteiger partial charge is 0.462 e. The maximum absolute atomic E-state index is 10.7. The van der Waals surface area contributed by atoms with Gasteiger partial charge in [0.05, 0.1) is 12.7 Å². The molecule has 0 radical (unpaired) electrons. The molecule has 0 N–H and O–H groups in total. The van der Waals surface area contributed by atoms with Crippen molar-refractivity contribution in [3.63, 3.8) is 0 Å². The third-order valence-corrected chi connectivity index (χ3v) is 2.40. The lowest BCUT2D eigenvalue weighted by molar-refractivity contribution is -0.155. The molecular formula is C10H16O4. The molecule has 0 amide bonds. The molecule has 80 valence electrons. The van der Waals surface area contributed by atoms with Crippen molar-refractivity contribution >= 4 is 12.3 Å². The van der Waals surface area contributed by atoms with Crippen molar-refractivity contribution < 1.29 is 19.1 Å². The van der Waals surface area contributed by atoms with E-state index < -0.39 is 0 Å². The van der Waals surface area contributed by atoms with Gasteiger partial charge in [0.25, 0.3) is 0 Å². The van der Waals surface area contributed by atoms with Crippen LogP contribution in [-0.2, 0) is 19.1 Å². The molecule has 3 unspecified atom stereocenters. The summed E-state index contributed by atoms with van der Waals surface area (Å²) in [6.07, 6.45) is 2.03. The topological polar surface area (TPSA) is 52.6 Å². The molecule has 0 bridgehead atoms. The Morgan fingerprint density at radius 3 is 2.93 bits per heavy atom. The van der Waals surface area contributed by atoms with Crippen LogP contribution in [-0.4, -0.2) is 31.1 Å². The lowest BCUT2D eigenvalue weighted by Gasteiger charge is -2.30. The SMILES string of the molecule is CC(=O)OC1CCOC(C(C)C=O)C1. The molecule has 0 aliphatic carbocycles. The lowest BCUT2D eigenvalue weighted by atomic mass is 9.97. The van der Waals surface area contributed by atoms with E-state index in [2.05, 4.69) is 0 Å². The first kappa shape index (κ1) is 11.2. The summed E-state index contributed by atoms with van der Waals surface area (Å²) in [4.78, 5) is 21.3. The number of rotatable bonds is 3. The summed E-state index contributed by atoms with van der Waals surface area (Å²) in [5, 5.41) is 0. The van der Waals surface area contributed by atoms with Gasteiger partial charge in [-0.1, -0.05) is 6.92 Å². The van der Waals surface area contributed by atoms with Gasteiger partial charge in [-0.05, 0) is 0 Å². The molecule has 0 aromatic rings. The van der Waals surface area contributed by atoms with E-state index in [0.717, 1.165) is 12.7 Å². The van der Waals surface area contributed by atoms with Crippen LogP contribution in [0.15, 0.2) is 0 Å². The van der Waals surface area contributed by atoms with Crippen molar-refractivity contribution in [2.45, 2.75) is 38.9 Å². The summed E-state index contributed by atoms with van der Waals surface area (Å²) >= 11 is 0. The Morgan fingerprint density at radius 1 is 1.64 bits per heavy atom. The standard InChI is InChI=1S/C10H16O4/c1-7(6-11)10-5-9(3-4-13-10)14-8(2)12/h6-7,9-10H,3-5H2,1-2H3. The fourth-order valence-corrected chi connectivity index (χ4v) is 1.59. The van der Waals surface area contributed by atoms with E-state index >= 15 is 0 Å². The molecule has 0 saturated carbocycles. The van der Waals surface area contributed by atoms with Gasteiger partial charge in [-0.3, -0.25) is 4.79 Å². The summed E-state index contributed by atoms with van der Waals surface area (Å²) < 4.78 is 10.5. The van der Waals surface area contributed by atoms with Crippen LogP contribution >= 0.6 is 0 Å². The fourth-order valence-electron chi connectivity index (χ4n) is 1.59.